The number of aromatic nitrogens is 2. The molecule has 2 heterocycles. The van der Waals surface area contributed by atoms with Gasteiger partial charge >= 0.3 is 0 Å². The lowest BCUT2D eigenvalue weighted by atomic mass is 10.3. The van der Waals surface area contributed by atoms with Crippen molar-refractivity contribution in [3.8, 4) is 0 Å². The van der Waals surface area contributed by atoms with Gasteiger partial charge in [-0.2, -0.15) is 9.40 Å². The van der Waals surface area contributed by atoms with Crippen LogP contribution in [0.3, 0.4) is 0 Å². The summed E-state index contributed by atoms with van der Waals surface area (Å²) in [4.78, 5) is 0.293. The van der Waals surface area contributed by atoms with E-state index in [0.717, 1.165) is 6.42 Å². The summed E-state index contributed by atoms with van der Waals surface area (Å²) in [5.74, 6) is 0. The number of sulfonamides is 1. The van der Waals surface area contributed by atoms with Gasteiger partial charge in [-0.3, -0.25) is 5.10 Å². The topological polar surface area (TPSA) is 92.1 Å². The van der Waals surface area contributed by atoms with Crippen LogP contribution in [0.15, 0.2) is 4.90 Å². The fraction of sp³-hybridized carbons (Fsp3) is 0.667. The SMILES string of the molecule is Cc1n[nH]c(C)c1S(=O)(=O)N1CC[C@@H](N)C1. The van der Waals surface area contributed by atoms with E-state index < -0.39 is 10.0 Å². The number of hydrogen-bond acceptors (Lipinski definition) is 4. The van der Waals surface area contributed by atoms with Crippen LogP contribution in [-0.4, -0.2) is 42.1 Å². The van der Waals surface area contributed by atoms with Crippen molar-refractivity contribution in [3.05, 3.63) is 11.4 Å². The van der Waals surface area contributed by atoms with E-state index in [4.69, 9.17) is 5.73 Å². The molecule has 1 fully saturated rings. The van der Waals surface area contributed by atoms with Crippen molar-refractivity contribution in [2.24, 2.45) is 5.73 Å². The summed E-state index contributed by atoms with van der Waals surface area (Å²) >= 11 is 0. The number of rotatable bonds is 2. The minimum atomic E-state index is -3.43. The second kappa shape index (κ2) is 3.83. The first-order valence-corrected chi connectivity index (χ1v) is 6.64. The summed E-state index contributed by atoms with van der Waals surface area (Å²) in [6, 6.07) is -0.0534. The smallest absolute Gasteiger partial charge is 0.246 e. The zero-order valence-electron chi connectivity index (χ0n) is 9.40. The van der Waals surface area contributed by atoms with Crippen LogP contribution in [0.4, 0.5) is 0 Å². The molecule has 16 heavy (non-hydrogen) atoms. The number of nitrogens with zero attached hydrogens (tertiary/aromatic N) is 2. The Labute approximate surface area is 94.9 Å². The molecule has 0 amide bonds. The zero-order chi connectivity index (χ0) is 11.9. The molecule has 0 aromatic carbocycles. The molecule has 0 spiro atoms. The Kier molecular flexibility index (Phi) is 2.77. The van der Waals surface area contributed by atoms with Crippen LogP contribution in [0.5, 0.6) is 0 Å². The average Bonchev–Trinajstić information content (AvgIpc) is 2.74. The minimum absolute atomic E-state index is 0.0534. The van der Waals surface area contributed by atoms with Crippen LogP contribution in [0.1, 0.15) is 17.8 Å². The third kappa shape index (κ3) is 1.74. The Balaban J connectivity index is 2.40. The highest BCUT2D eigenvalue weighted by atomic mass is 32.2. The highest BCUT2D eigenvalue weighted by Crippen LogP contribution is 2.24. The van der Waals surface area contributed by atoms with Crippen LogP contribution in [0.25, 0.3) is 0 Å². The third-order valence-corrected chi connectivity index (χ3v) is 4.97. The van der Waals surface area contributed by atoms with Gasteiger partial charge in [0.25, 0.3) is 0 Å². The van der Waals surface area contributed by atoms with Gasteiger partial charge in [0.2, 0.25) is 10.0 Å². The van der Waals surface area contributed by atoms with Crippen LogP contribution in [0.2, 0.25) is 0 Å². The van der Waals surface area contributed by atoms with Gasteiger partial charge in [0, 0.05) is 19.1 Å². The first-order valence-electron chi connectivity index (χ1n) is 5.20. The molecule has 1 aromatic rings. The Morgan fingerprint density at radius 3 is 2.62 bits per heavy atom. The standard InChI is InChI=1S/C9H16N4O2S/c1-6-9(7(2)12-11-6)16(14,15)13-4-3-8(10)5-13/h8H,3-5,10H2,1-2H3,(H,11,12)/t8-/m1/s1. The second-order valence-electron chi connectivity index (χ2n) is 4.17. The molecule has 3 N–H and O–H groups in total. The maximum atomic E-state index is 12.3. The van der Waals surface area contributed by atoms with E-state index in [1.165, 1.54) is 4.31 Å². The number of aryl methyl sites for hydroxylation is 2. The van der Waals surface area contributed by atoms with E-state index in [9.17, 15) is 8.42 Å². The van der Waals surface area contributed by atoms with E-state index in [2.05, 4.69) is 10.2 Å². The Morgan fingerprint density at radius 1 is 1.50 bits per heavy atom. The highest BCUT2D eigenvalue weighted by Gasteiger charge is 2.33. The van der Waals surface area contributed by atoms with Gasteiger partial charge < -0.3 is 5.73 Å². The summed E-state index contributed by atoms with van der Waals surface area (Å²) in [7, 11) is -3.43. The van der Waals surface area contributed by atoms with Crippen molar-refractivity contribution < 1.29 is 8.42 Å². The molecule has 7 heteroatoms. The van der Waals surface area contributed by atoms with Gasteiger partial charge in [-0.05, 0) is 20.3 Å². The maximum absolute atomic E-state index is 12.3. The number of H-pyrrole nitrogens is 1. The first kappa shape index (κ1) is 11.6. The molecule has 6 nitrogen and oxygen atoms in total. The maximum Gasteiger partial charge on any atom is 0.246 e. The van der Waals surface area contributed by atoms with E-state index >= 15 is 0 Å². The molecule has 0 unspecified atom stereocenters. The largest absolute Gasteiger partial charge is 0.326 e. The molecule has 1 aromatic heterocycles. The molecular formula is C9H16N4O2S. The van der Waals surface area contributed by atoms with Crippen LogP contribution < -0.4 is 5.73 Å². The Bertz CT molecular complexity index is 474. The molecule has 0 radical (unpaired) electrons. The molecular weight excluding hydrogens is 228 g/mol. The van der Waals surface area contributed by atoms with Gasteiger partial charge in [-0.15, -0.1) is 0 Å². The van der Waals surface area contributed by atoms with E-state index in [0.29, 0.717) is 29.4 Å². The summed E-state index contributed by atoms with van der Waals surface area (Å²) in [5.41, 5.74) is 6.82. The van der Waals surface area contributed by atoms with Gasteiger partial charge in [0.15, 0.2) is 0 Å². The van der Waals surface area contributed by atoms with Gasteiger partial charge in [-0.25, -0.2) is 8.42 Å². The lowest BCUT2D eigenvalue weighted by Crippen LogP contribution is -2.32. The molecule has 1 aliphatic rings. The lowest BCUT2D eigenvalue weighted by Gasteiger charge is -2.15. The van der Waals surface area contributed by atoms with Crippen molar-refractivity contribution in [2.45, 2.75) is 31.2 Å². The second-order valence-corrected chi connectivity index (χ2v) is 6.05. The molecule has 0 bridgehead atoms. The lowest BCUT2D eigenvalue weighted by molar-refractivity contribution is 0.471. The summed E-state index contributed by atoms with van der Waals surface area (Å²) in [6.07, 6.45) is 0.717. The van der Waals surface area contributed by atoms with E-state index in [1.807, 2.05) is 0 Å². The first-order chi connectivity index (χ1) is 7.43. The summed E-state index contributed by atoms with van der Waals surface area (Å²) in [6.45, 7) is 4.29. The Morgan fingerprint density at radius 2 is 2.19 bits per heavy atom. The quantitative estimate of drug-likeness (QED) is 0.750. The number of nitrogens with one attached hydrogen (secondary N) is 1. The molecule has 1 atom stereocenters. The molecule has 1 aliphatic heterocycles. The monoisotopic (exact) mass is 244 g/mol. The van der Waals surface area contributed by atoms with Crippen LogP contribution in [-0.2, 0) is 10.0 Å². The van der Waals surface area contributed by atoms with Gasteiger partial charge in [0.1, 0.15) is 4.90 Å². The van der Waals surface area contributed by atoms with Crippen molar-refractivity contribution >= 4 is 10.0 Å². The zero-order valence-corrected chi connectivity index (χ0v) is 10.2. The molecule has 0 aliphatic carbocycles. The molecule has 2 rings (SSSR count). The van der Waals surface area contributed by atoms with Crippen molar-refractivity contribution in [2.75, 3.05) is 13.1 Å². The third-order valence-electron chi connectivity index (χ3n) is 2.85. The molecule has 0 saturated carbocycles. The molecule has 1 saturated heterocycles. The van der Waals surface area contributed by atoms with Crippen molar-refractivity contribution in [1.82, 2.24) is 14.5 Å². The van der Waals surface area contributed by atoms with Gasteiger partial charge in [0.05, 0.1) is 11.4 Å². The summed E-state index contributed by atoms with van der Waals surface area (Å²) < 4.78 is 26.0. The molecule has 90 valence electrons. The van der Waals surface area contributed by atoms with Gasteiger partial charge in [-0.1, -0.05) is 0 Å². The Hall–Kier alpha value is -0.920. The highest BCUT2D eigenvalue weighted by molar-refractivity contribution is 7.89. The summed E-state index contributed by atoms with van der Waals surface area (Å²) in [5, 5.41) is 6.60. The predicted molar refractivity (Wildman–Crippen MR) is 59.4 cm³/mol. The predicted octanol–water partition coefficient (Wildman–Crippen LogP) is -0.252. The van der Waals surface area contributed by atoms with Crippen molar-refractivity contribution in [1.29, 1.82) is 0 Å². The number of aromatic amines is 1. The average molecular weight is 244 g/mol. The van der Waals surface area contributed by atoms with E-state index in [1.54, 1.807) is 13.8 Å². The minimum Gasteiger partial charge on any atom is -0.326 e. The fourth-order valence-electron chi connectivity index (χ4n) is 2.02. The van der Waals surface area contributed by atoms with Crippen LogP contribution >= 0.6 is 0 Å². The fourth-order valence-corrected chi connectivity index (χ4v) is 3.87. The number of hydrogen-bond donors (Lipinski definition) is 2. The van der Waals surface area contributed by atoms with E-state index in [-0.39, 0.29) is 6.04 Å². The van der Waals surface area contributed by atoms with Crippen molar-refractivity contribution in [3.63, 3.8) is 0 Å². The normalized spacial score (nSPS) is 22.8. The van der Waals surface area contributed by atoms with Crippen LogP contribution in [0, 0.1) is 13.8 Å². The number of nitrogens with two attached hydrogens (primary N) is 1.